The van der Waals surface area contributed by atoms with Crippen LogP contribution in [-0.2, 0) is 34.5 Å². The van der Waals surface area contributed by atoms with Crippen molar-refractivity contribution in [3.05, 3.63) is 53.6 Å². The zero-order valence-corrected chi connectivity index (χ0v) is 15.1. The summed E-state index contributed by atoms with van der Waals surface area (Å²) >= 11 is 0. The van der Waals surface area contributed by atoms with E-state index in [0.29, 0.717) is 12.1 Å². The van der Waals surface area contributed by atoms with Crippen molar-refractivity contribution in [2.24, 2.45) is 7.05 Å². The van der Waals surface area contributed by atoms with Crippen molar-refractivity contribution in [3.63, 3.8) is 0 Å². The number of carbonyl (C=O) groups is 3. The highest BCUT2D eigenvalue weighted by Crippen LogP contribution is 2.18. The van der Waals surface area contributed by atoms with E-state index in [2.05, 4.69) is 5.10 Å². The quantitative estimate of drug-likeness (QED) is 0.804. The summed E-state index contributed by atoms with van der Waals surface area (Å²) in [7, 11) is 1.80. The largest absolute Gasteiger partial charge is 0.483 e. The molecule has 8 nitrogen and oxygen atoms in total. The number of amides is 2. The van der Waals surface area contributed by atoms with Crippen molar-refractivity contribution in [2.45, 2.75) is 26.1 Å². The maximum absolute atomic E-state index is 13.3. The summed E-state index contributed by atoms with van der Waals surface area (Å²) in [4.78, 5) is 36.4. The highest BCUT2D eigenvalue weighted by molar-refractivity contribution is 5.94. The van der Waals surface area contributed by atoms with Gasteiger partial charge in [-0.05, 0) is 24.6 Å². The number of halogens is 1. The van der Waals surface area contributed by atoms with Gasteiger partial charge in [0, 0.05) is 31.9 Å². The first kappa shape index (κ1) is 20.1. The predicted octanol–water partition coefficient (Wildman–Crippen LogP) is 1.02. The molecule has 0 radical (unpaired) electrons. The molecule has 1 aliphatic rings. The number of carboxylic acid groups (broad SMARTS) is 1. The van der Waals surface area contributed by atoms with Crippen LogP contribution in [0, 0.1) is 5.82 Å². The molecule has 27 heavy (non-hydrogen) atoms. The number of benzene rings is 1. The SMILES string of the molecule is C[C@H]1C(=O)N(Cc2cccc(F)c2)CC(=O)N1Cc1cnn(C)c1.O=CO. The van der Waals surface area contributed by atoms with Gasteiger partial charge >= 0.3 is 0 Å². The molecule has 144 valence electrons. The Kier molecular flexibility index (Phi) is 6.64. The van der Waals surface area contributed by atoms with E-state index < -0.39 is 6.04 Å². The molecule has 0 saturated carbocycles. The summed E-state index contributed by atoms with van der Waals surface area (Å²) in [5.74, 6) is -0.611. The summed E-state index contributed by atoms with van der Waals surface area (Å²) in [6.07, 6.45) is 3.51. The standard InChI is InChI=1S/C17H19FN4O2.CH2O2/c1-12-17(24)21(9-13-4-3-5-15(18)6-13)11-16(23)22(12)10-14-7-19-20(2)8-14;2-1-3/h3-8,12H,9-11H2,1-2H3;1H,(H,2,3)/t12-;/m0./s1. The van der Waals surface area contributed by atoms with E-state index in [9.17, 15) is 14.0 Å². The molecule has 9 heteroatoms. The monoisotopic (exact) mass is 376 g/mol. The van der Waals surface area contributed by atoms with Crippen molar-refractivity contribution in [1.82, 2.24) is 19.6 Å². The van der Waals surface area contributed by atoms with E-state index in [0.717, 1.165) is 5.56 Å². The van der Waals surface area contributed by atoms with Crippen LogP contribution in [0.2, 0.25) is 0 Å². The molecule has 1 fully saturated rings. The molecule has 0 unspecified atom stereocenters. The number of hydrogen-bond acceptors (Lipinski definition) is 4. The maximum atomic E-state index is 13.3. The number of aryl methyl sites for hydroxylation is 1. The lowest BCUT2D eigenvalue weighted by atomic mass is 10.1. The van der Waals surface area contributed by atoms with Gasteiger partial charge in [0.05, 0.1) is 6.20 Å². The first-order valence-corrected chi connectivity index (χ1v) is 8.23. The van der Waals surface area contributed by atoms with Gasteiger partial charge in [-0.2, -0.15) is 5.10 Å². The Morgan fingerprint density at radius 3 is 2.59 bits per heavy atom. The topological polar surface area (TPSA) is 95.7 Å². The molecule has 1 aliphatic heterocycles. The lowest BCUT2D eigenvalue weighted by molar-refractivity contribution is -0.156. The van der Waals surface area contributed by atoms with Gasteiger partial charge in [-0.25, -0.2) is 4.39 Å². The summed E-state index contributed by atoms with van der Waals surface area (Å²) < 4.78 is 15.0. The lowest BCUT2D eigenvalue weighted by Crippen LogP contribution is -2.57. The van der Waals surface area contributed by atoms with E-state index >= 15 is 0 Å². The molecule has 2 amide bonds. The number of aromatic nitrogens is 2. The minimum atomic E-state index is -0.556. The summed E-state index contributed by atoms with van der Waals surface area (Å²) in [6.45, 7) is 2.05. The molecule has 0 aliphatic carbocycles. The third kappa shape index (κ3) is 5.13. The number of rotatable bonds is 4. The van der Waals surface area contributed by atoms with Crippen LogP contribution in [0.4, 0.5) is 4.39 Å². The van der Waals surface area contributed by atoms with Gasteiger partial charge in [0.2, 0.25) is 11.8 Å². The molecular formula is C18H21FN4O4. The number of carbonyl (C=O) groups excluding carboxylic acids is 2. The van der Waals surface area contributed by atoms with Crippen LogP contribution in [0.1, 0.15) is 18.1 Å². The van der Waals surface area contributed by atoms with Gasteiger partial charge in [-0.3, -0.25) is 19.1 Å². The molecule has 3 rings (SSSR count). The van der Waals surface area contributed by atoms with Crippen molar-refractivity contribution >= 4 is 18.3 Å². The Morgan fingerprint density at radius 1 is 1.30 bits per heavy atom. The molecule has 1 saturated heterocycles. The second-order valence-electron chi connectivity index (χ2n) is 6.15. The molecule has 2 heterocycles. The van der Waals surface area contributed by atoms with Crippen LogP contribution < -0.4 is 0 Å². The normalized spacial score (nSPS) is 16.8. The summed E-state index contributed by atoms with van der Waals surface area (Å²) in [5.41, 5.74) is 1.55. The van der Waals surface area contributed by atoms with E-state index in [1.54, 1.807) is 41.9 Å². The fraction of sp³-hybridized carbons (Fsp3) is 0.333. The number of piperazine rings is 1. The third-order valence-corrected chi connectivity index (χ3v) is 4.16. The molecule has 1 atom stereocenters. The molecule has 1 aromatic carbocycles. The van der Waals surface area contributed by atoms with E-state index in [4.69, 9.17) is 9.90 Å². The van der Waals surface area contributed by atoms with Gasteiger partial charge in [0.15, 0.2) is 0 Å². The van der Waals surface area contributed by atoms with Crippen molar-refractivity contribution < 1.29 is 23.9 Å². The Bertz CT molecular complexity index is 823. The molecule has 1 aromatic heterocycles. The fourth-order valence-corrected chi connectivity index (χ4v) is 2.91. The summed E-state index contributed by atoms with van der Waals surface area (Å²) in [5, 5.41) is 11.0. The van der Waals surface area contributed by atoms with E-state index in [1.165, 1.54) is 17.0 Å². The number of hydrogen-bond donors (Lipinski definition) is 1. The first-order valence-electron chi connectivity index (χ1n) is 8.23. The van der Waals surface area contributed by atoms with Crippen LogP contribution in [0.5, 0.6) is 0 Å². The van der Waals surface area contributed by atoms with Gasteiger partial charge in [-0.1, -0.05) is 12.1 Å². The lowest BCUT2D eigenvalue weighted by Gasteiger charge is -2.38. The van der Waals surface area contributed by atoms with Crippen LogP contribution in [0.15, 0.2) is 36.7 Å². The molecular weight excluding hydrogens is 355 g/mol. The Hall–Kier alpha value is -3.23. The average molecular weight is 376 g/mol. The minimum absolute atomic E-state index is 0.0000508. The summed E-state index contributed by atoms with van der Waals surface area (Å²) in [6, 6.07) is 5.52. The number of nitrogens with zero attached hydrogens (tertiary/aromatic N) is 4. The zero-order valence-electron chi connectivity index (χ0n) is 15.1. The van der Waals surface area contributed by atoms with Crippen LogP contribution >= 0.6 is 0 Å². The van der Waals surface area contributed by atoms with Gasteiger partial charge < -0.3 is 14.9 Å². The Balaban J connectivity index is 0.000000817. The molecule has 2 aromatic rings. The molecule has 0 spiro atoms. The second kappa shape index (κ2) is 8.93. The van der Waals surface area contributed by atoms with Crippen LogP contribution in [0.3, 0.4) is 0 Å². The zero-order chi connectivity index (χ0) is 20.0. The van der Waals surface area contributed by atoms with Crippen molar-refractivity contribution in [2.75, 3.05) is 6.54 Å². The highest BCUT2D eigenvalue weighted by atomic mass is 19.1. The molecule has 1 N–H and O–H groups in total. The van der Waals surface area contributed by atoms with Gasteiger partial charge in [0.1, 0.15) is 18.4 Å². The van der Waals surface area contributed by atoms with Gasteiger partial charge in [0.25, 0.3) is 6.47 Å². The van der Waals surface area contributed by atoms with Crippen molar-refractivity contribution in [3.8, 4) is 0 Å². The van der Waals surface area contributed by atoms with E-state index in [1.807, 2.05) is 6.20 Å². The Labute approximate surface area is 155 Å². The fourth-order valence-electron chi connectivity index (χ4n) is 2.91. The minimum Gasteiger partial charge on any atom is -0.483 e. The van der Waals surface area contributed by atoms with Gasteiger partial charge in [-0.15, -0.1) is 0 Å². The first-order chi connectivity index (χ1) is 12.8. The molecule has 0 bridgehead atoms. The van der Waals surface area contributed by atoms with Crippen LogP contribution in [0.25, 0.3) is 0 Å². The predicted molar refractivity (Wildman–Crippen MR) is 93.7 cm³/mol. The smallest absolute Gasteiger partial charge is 0.290 e. The average Bonchev–Trinajstić information content (AvgIpc) is 3.02. The van der Waals surface area contributed by atoms with E-state index in [-0.39, 0.29) is 37.2 Å². The van der Waals surface area contributed by atoms with Crippen LogP contribution in [-0.4, -0.2) is 55.6 Å². The third-order valence-electron chi connectivity index (χ3n) is 4.16. The maximum Gasteiger partial charge on any atom is 0.290 e. The Morgan fingerprint density at radius 2 is 2.00 bits per heavy atom. The highest BCUT2D eigenvalue weighted by Gasteiger charge is 2.36. The second-order valence-corrected chi connectivity index (χ2v) is 6.15. The van der Waals surface area contributed by atoms with Crippen molar-refractivity contribution in [1.29, 1.82) is 0 Å².